The third-order valence-corrected chi connectivity index (χ3v) is 5.43. The lowest BCUT2D eigenvalue weighted by Gasteiger charge is -2.04. The average molecular weight is 421 g/mol. The fourth-order valence-corrected chi connectivity index (χ4v) is 4.00. The molecular formula is C24H16FN7. The van der Waals surface area contributed by atoms with E-state index in [1.807, 2.05) is 31.2 Å². The molecule has 1 aromatic carbocycles. The van der Waals surface area contributed by atoms with Crippen LogP contribution in [0, 0.1) is 12.7 Å². The van der Waals surface area contributed by atoms with E-state index in [1.165, 1.54) is 18.5 Å². The number of aromatic nitrogens is 7. The van der Waals surface area contributed by atoms with Gasteiger partial charge in [0.15, 0.2) is 5.65 Å². The fraction of sp³-hybridized carbons (Fsp3) is 0.0417. The van der Waals surface area contributed by atoms with Crippen molar-refractivity contribution in [1.29, 1.82) is 0 Å². The van der Waals surface area contributed by atoms with E-state index in [-0.39, 0.29) is 5.82 Å². The first-order valence-corrected chi connectivity index (χ1v) is 10.0. The molecular weight excluding hydrogens is 405 g/mol. The van der Waals surface area contributed by atoms with Gasteiger partial charge in [0.2, 0.25) is 0 Å². The van der Waals surface area contributed by atoms with Gasteiger partial charge < -0.3 is 4.98 Å². The normalized spacial score (nSPS) is 11.4. The van der Waals surface area contributed by atoms with Crippen molar-refractivity contribution in [1.82, 2.24) is 35.1 Å². The average Bonchev–Trinajstić information content (AvgIpc) is 3.42. The molecule has 0 aliphatic rings. The van der Waals surface area contributed by atoms with E-state index in [0.29, 0.717) is 11.3 Å². The van der Waals surface area contributed by atoms with Crippen molar-refractivity contribution in [3.8, 4) is 33.8 Å². The highest BCUT2D eigenvalue weighted by atomic mass is 19.1. The lowest BCUT2D eigenvalue weighted by Crippen LogP contribution is -1.87. The Hall–Kier alpha value is -4.46. The molecule has 6 aromatic rings. The molecule has 0 saturated carbocycles. The number of pyridine rings is 2. The SMILES string of the molecule is Cc1cc(F)cc(-c2nccc3[nH]c(-c4n[nH]c5ncc(-c6cncnc6)cc45)cc23)c1. The van der Waals surface area contributed by atoms with Crippen molar-refractivity contribution in [2.45, 2.75) is 6.92 Å². The third-order valence-electron chi connectivity index (χ3n) is 5.43. The Balaban J connectivity index is 1.52. The Kier molecular flexibility index (Phi) is 4.04. The van der Waals surface area contributed by atoms with Gasteiger partial charge in [-0.3, -0.25) is 10.1 Å². The summed E-state index contributed by atoms with van der Waals surface area (Å²) in [5, 5.41) is 9.25. The molecule has 0 saturated heterocycles. The molecule has 0 fully saturated rings. The summed E-state index contributed by atoms with van der Waals surface area (Å²) in [7, 11) is 0. The largest absolute Gasteiger partial charge is 0.353 e. The standard InChI is InChI=1S/C24H16FN7/c1-13-4-14(6-17(25)5-13)22-18-8-21(30-20(18)2-3-28-22)23-19-7-15(11-29-24(19)32-31-23)16-9-26-12-27-10-16/h2-12,30H,1H3,(H,29,31,32). The summed E-state index contributed by atoms with van der Waals surface area (Å²) in [6.07, 6.45) is 8.47. The number of halogens is 1. The van der Waals surface area contributed by atoms with Crippen LogP contribution in [0.3, 0.4) is 0 Å². The molecule has 0 bridgehead atoms. The molecule has 7 nitrogen and oxygen atoms in total. The summed E-state index contributed by atoms with van der Waals surface area (Å²) < 4.78 is 14.0. The van der Waals surface area contributed by atoms with E-state index in [4.69, 9.17) is 0 Å². The minimum absolute atomic E-state index is 0.281. The highest BCUT2D eigenvalue weighted by molar-refractivity contribution is 6.00. The summed E-state index contributed by atoms with van der Waals surface area (Å²) in [5.41, 5.74) is 7.19. The van der Waals surface area contributed by atoms with Gasteiger partial charge in [0, 0.05) is 57.8 Å². The molecule has 5 aromatic heterocycles. The van der Waals surface area contributed by atoms with Crippen molar-refractivity contribution >= 4 is 21.9 Å². The van der Waals surface area contributed by atoms with Crippen LogP contribution < -0.4 is 0 Å². The van der Waals surface area contributed by atoms with Crippen molar-refractivity contribution in [2.24, 2.45) is 0 Å². The van der Waals surface area contributed by atoms with Crippen LogP contribution in [0.15, 0.2) is 67.5 Å². The van der Waals surface area contributed by atoms with Gasteiger partial charge in [0.25, 0.3) is 0 Å². The molecule has 0 spiro atoms. The minimum atomic E-state index is -0.281. The molecule has 6 rings (SSSR count). The fourth-order valence-electron chi connectivity index (χ4n) is 4.00. The van der Waals surface area contributed by atoms with Crippen LogP contribution in [0.1, 0.15) is 5.56 Å². The van der Waals surface area contributed by atoms with Gasteiger partial charge in [-0.05, 0) is 48.9 Å². The predicted molar refractivity (Wildman–Crippen MR) is 120 cm³/mol. The molecule has 0 aliphatic carbocycles. The molecule has 154 valence electrons. The monoisotopic (exact) mass is 421 g/mol. The Morgan fingerprint density at radius 1 is 0.812 bits per heavy atom. The Morgan fingerprint density at radius 2 is 1.69 bits per heavy atom. The molecule has 0 radical (unpaired) electrons. The predicted octanol–water partition coefficient (Wildman–Crippen LogP) is 5.07. The lowest BCUT2D eigenvalue weighted by atomic mass is 10.0. The number of hydrogen-bond acceptors (Lipinski definition) is 5. The van der Waals surface area contributed by atoms with E-state index < -0.39 is 0 Å². The Morgan fingerprint density at radius 3 is 2.53 bits per heavy atom. The van der Waals surface area contributed by atoms with Gasteiger partial charge in [-0.25, -0.2) is 19.3 Å². The van der Waals surface area contributed by atoms with Gasteiger partial charge in [-0.2, -0.15) is 5.10 Å². The van der Waals surface area contributed by atoms with Gasteiger partial charge in [-0.15, -0.1) is 0 Å². The van der Waals surface area contributed by atoms with Gasteiger partial charge >= 0.3 is 0 Å². The minimum Gasteiger partial charge on any atom is -0.353 e. The van der Waals surface area contributed by atoms with Crippen LogP contribution >= 0.6 is 0 Å². The van der Waals surface area contributed by atoms with Crippen molar-refractivity contribution in [3.05, 3.63) is 78.9 Å². The van der Waals surface area contributed by atoms with E-state index in [0.717, 1.165) is 49.9 Å². The second kappa shape index (κ2) is 7.05. The van der Waals surface area contributed by atoms with Crippen LogP contribution in [0.2, 0.25) is 0 Å². The maximum Gasteiger partial charge on any atom is 0.155 e. The number of rotatable bonds is 3. The van der Waals surface area contributed by atoms with Crippen LogP contribution in [-0.4, -0.2) is 35.1 Å². The summed E-state index contributed by atoms with van der Waals surface area (Å²) in [6.45, 7) is 1.87. The Labute approximate surface area is 181 Å². The van der Waals surface area contributed by atoms with Gasteiger partial charge in [0.05, 0.1) is 11.4 Å². The Bertz CT molecular complexity index is 1580. The third kappa shape index (κ3) is 3.01. The zero-order valence-corrected chi connectivity index (χ0v) is 17.0. The highest BCUT2D eigenvalue weighted by Gasteiger charge is 2.16. The number of H-pyrrole nitrogens is 2. The maximum absolute atomic E-state index is 14.0. The van der Waals surface area contributed by atoms with E-state index in [1.54, 1.807) is 24.8 Å². The number of nitrogens with zero attached hydrogens (tertiary/aromatic N) is 5. The zero-order valence-electron chi connectivity index (χ0n) is 17.0. The first kappa shape index (κ1) is 18.3. The summed E-state index contributed by atoms with van der Waals surface area (Å²) in [5.74, 6) is -0.281. The van der Waals surface area contributed by atoms with E-state index >= 15 is 0 Å². The van der Waals surface area contributed by atoms with Crippen molar-refractivity contribution in [2.75, 3.05) is 0 Å². The van der Waals surface area contributed by atoms with Crippen molar-refractivity contribution < 1.29 is 4.39 Å². The molecule has 2 N–H and O–H groups in total. The van der Waals surface area contributed by atoms with Crippen LogP contribution in [0.5, 0.6) is 0 Å². The number of nitrogens with one attached hydrogen (secondary N) is 2. The first-order valence-electron chi connectivity index (χ1n) is 10.0. The number of benzene rings is 1. The summed E-state index contributed by atoms with van der Waals surface area (Å²) in [6, 6.07) is 10.8. The lowest BCUT2D eigenvalue weighted by molar-refractivity contribution is 0.627. The molecule has 0 amide bonds. The number of fused-ring (bicyclic) bond motifs is 2. The molecule has 8 heteroatoms. The van der Waals surface area contributed by atoms with Crippen LogP contribution in [0.4, 0.5) is 4.39 Å². The summed E-state index contributed by atoms with van der Waals surface area (Å²) in [4.78, 5) is 20.6. The molecule has 0 atom stereocenters. The molecule has 5 heterocycles. The topological polar surface area (TPSA) is 96.0 Å². The summed E-state index contributed by atoms with van der Waals surface area (Å²) >= 11 is 0. The molecule has 32 heavy (non-hydrogen) atoms. The first-order chi connectivity index (χ1) is 15.7. The highest BCUT2D eigenvalue weighted by Crippen LogP contribution is 2.34. The number of hydrogen-bond donors (Lipinski definition) is 2. The number of aryl methyl sites for hydroxylation is 1. The second-order valence-electron chi connectivity index (χ2n) is 7.64. The quantitative estimate of drug-likeness (QED) is 0.416. The zero-order chi connectivity index (χ0) is 21.7. The molecule has 0 unspecified atom stereocenters. The number of aromatic amines is 2. The van der Waals surface area contributed by atoms with Crippen molar-refractivity contribution in [3.63, 3.8) is 0 Å². The smallest absolute Gasteiger partial charge is 0.155 e. The maximum atomic E-state index is 14.0. The second-order valence-corrected chi connectivity index (χ2v) is 7.64. The van der Waals surface area contributed by atoms with Crippen LogP contribution in [0.25, 0.3) is 55.7 Å². The van der Waals surface area contributed by atoms with E-state index in [9.17, 15) is 4.39 Å². The van der Waals surface area contributed by atoms with E-state index in [2.05, 4.69) is 35.1 Å². The van der Waals surface area contributed by atoms with Gasteiger partial charge in [-0.1, -0.05) is 0 Å². The van der Waals surface area contributed by atoms with Crippen LogP contribution in [-0.2, 0) is 0 Å². The molecule has 0 aliphatic heterocycles. The van der Waals surface area contributed by atoms with Gasteiger partial charge in [0.1, 0.15) is 17.8 Å².